The van der Waals surface area contributed by atoms with Gasteiger partial charge in [-0.05, 0) is 44.5 Å². The zero-order valence-corrected chi connectivity index (χ0v) is 29.1. The molecule has 0 atom stereocenters. The van der Waals surface area contributed by atoms with E-state index in [1.165, 1.54) is 66.8 Å². The molecule has 52 heavy (non-hydrogen) atoms. The second-order valence-electron chi connectivity index (χ2n) is 13.8. The summed E-state index contributed by atoms with van der Waals surface area (Å²) >= 11 is 0. The lowest BCUT2D eigenvalue weighted by Gasteiger charge is -2.06. The fourth-order valence-electron chi connectivity index (χ4n) is 7.07. The maximum absolute atomic E-state index is 2.24. The monoisotopic (exact) mass is 672 g/mol. The standard InChI is InChI=1S/C48H40N4/c1-2-38-4-3-37(1)33-49-25-17-45(18-26-49)41-9-11-43(12-10-41)47-21-29-51(30-22-47)35-39-5-7-40(8-6-39)36-52-31-23-48(24-32-52)44-15-13-42(14-16-44)46-19-27-50(34-38)28-20-46/h1-32H,33-36H2/q+4. The van der Waals surface area contributed by atoms with Crippen LogP contribution in [0.15, 0.2) is 195 Å². The van der Waals surface area contributed by atoms with Crippen LogP contribution in [-0.4, -0.2) is 0 Å². The summed E-state index contributed by atoms with van der Waals surface area (Å²) in [7, 11) is 0. The number of pyridine rings is 4. The van der Waals surface area contributed by atoms with Gasteiger partial charge in [-0.1, -0.05) is 97.1 Å². The molecule has 4 nitrogen and oxygen atoms in total. The largest absolute Gasteiger partial charge is 0.201 e. The molecule has 0 radical (unpaired) electrons. The summed E-state index contributed by atoms with van der Waals surface area (Å²) in [4.78, 5) is 0. The van der Waals surface area contributed by atoms with E-state index in [-0.39, 0.29) is 0 Å². The van der Waals surface area contributed by atoms with Gasteiger partial charge in [-0.2, -0.15) is 0 Å². The van der Waals surface area contributed by atoms with Crippen molar-refractivity contribution in [3.8, 4) is 44.5 Å². The molecule has 0 aliphatic carbocycles. The molecule has 22 aliphatic heterocycles. The third kappa shape index (κ3) is 7.05. The van der Waals surface area contributed by atoms with Gasteiger partial charge in [-0.25, -0.2) is 18.3 Å². The zero-order chi connectivity index (χ0) is 34.7. The molecule has 0 unspecified atom stereocenters. The summed E-state index contributed by atoms with van der Waals surface area (Å²) in [6.45, 7) is 3.35. The average Bonchev–Trinajstić information content (AvgIpc) is 3.21. The topological polar surface area (TPSA) is 15.5 Å². The van der Waals surface area contributed by atoms with E-state index in [9.17, 15) is 0 Å². The van der Waals surface area contributed by atoms with Crippen LogP contribution in [-0.2, 0) is 26.2 Å². The Kier molecular flexibility index (Phi) is 8.47. The zero-order valence-electron chi connectivity index (χ0n) is 29.1. The van der Waals surface area contributed by atoms with Crippen LogP contribution in [0.25, 0.3) is 44.5 Å². The van der Waals surface area contributed by atoms with Crippen LogP contribution >= 0.6 is 0 Å². The third-order valence-corrected chi connectivity index (χ3v) is 10.2. The minimum atomic E-state index is 0.837. The number of benzene rings is 4. The summed E-state index contributed by atoms with van der Waals surface area (Å²) in [5, 5.41) is 0. The number of hydrogen-bond acceptors (Lipinski definition) is 0. The fraction of sp³-hybridized carbons (Fsp3) is 0.0833. The van der Waals surface area contributed by atoms with E-state index >= 15 is 0 Å². The van der Waals surface area contributed by atoms with Crippen molar-refractivity contribution < 1.29 is 18.3 Å². The Labute approximate surface area is 305 Å². The molecule has 0 saturated heterocycles. The lowest BCUT2D eigenvalue weighted by atomic mass is 10.0. The lowest BCUT2D eigenvalue weighted by molar-refractivity contribution is -0.688. The first kappa shape index (κ1) is 31.5. The highest BCUT2D eigenvalue weighted by Crippen LogP contribution is 2.25. The van der Waals surface area contributed by atoms with Gasteiger partial charge < -0.3 is 0 Å². The van der Waals surface area contributed by atoms with Gasteiger partial charge >= 0.3 is 0 Å². The molecule has 4 heteroatoms. The molecule has 26 heterocycles. The second kappa shape index (κ2) is 14.0. The molecule has 16 bridgehead atoms. The van der Waals surface area contributed by atoms with Crippen molar-refractivity contribution >= 4 is 0 Å². The Bertz CT molecular complexity index is 2060. The van der Waals surface area contributed by atoms with Crippen LogP contribution in [0, 0.1) is 0 Å². The molecule has 30 rings (SSSR count). The van der Waals surface area contributed by atoms with Crippen LogP contribution < -0.4 is 18.3 Å². The Morgan fingerprint density at radius 2 is 0.346 bits per heavy atom. The van der Waals surface area contributed by atoms with Gasteiger partial charge in [-0.15, -0.1) is 0 Å². The minimum Gasteiger partial charge on any atom is -0.201 e. The van der Waals surface area contributed by atoms with Crippen LogP contribution in [0.4, 0.5) is 0 Å². The molecule has 4 aromatic heterocycles. The first-order valence-corrected chi connectivity index (χ1v) is 18.0. The van der Waals surface area contributed by atoms with Gasteiger partial charge in [0.15, 0.2) is 75.8 Å². The van der Waals surface area contributed by atoms with Crippen LogP contribution in [0.1, 0.15) is 22.3 Å². The van der Waals surface area contributed by atoms with Gasteiger partial charge in [0.1, 0.15) is 0 Å². The third-order valence-electron chi connectivity index (χ3n) is 10.2. The van der Waals surface area contributed by atoms with E-state index in [1.54, 1.807) is 0 Å². The predicted molar refractivity (Wildman–Crippen MR) is 205 cm³/mol. The quantitative estimate of drug-likeness (QED) is 0.145. The predicted octanol–water partition coefficient (Wildman–Crippen LogP) is 8.01. The first-order chi connectivity index (χ1) is 25.7. The lowest BCUT2D eigenvalue weighted by Crippen LogP contribution is -2.34. The number of hydrogen-bond donors (Lipinski definition) is 0. The minimum absolute atomic E-state index is 0.837. The summed E-state index contributed by atoms with van der Waals surface area (Å²) < 4.78 is 8.96. The van der Waals surface area contributed by atoms with E-state index in [1.807, 2.05) is 0 Å². The Morgan fingerprint density at radius 3 is 0.519 bits per heavy atom. The van der Waals surface area contributed by atoms with Gasteiger partial charge in [0, 0.05) is 70.8 Å². The van der Waals surface area contributed by atoms with Gasteiger partial charge in [0.2, 0.25) is 0 Å². The van der Waals surface area contributed by atoms with Crippen LogP contribution in [0.2, 0.25) is 0 Å². The van der Waals surface area contributed by atoms with Crippen molar-refractivity contribution in [2.75, 3.05) is 0 Å². The van der Waals surface area contributed by atoms with E-state index in [0.717, 1.165) is 26.2 Å². The molecular formula is C48H40N4+4. The summed E-state index contributed by atoms with van der Waals surface area (Å²) in [6, 6.07) is 53.4. The molecule has 0 fully saturated rings. The maximum atomic E-state index is 2.24. The van der Waals surface area contributed by atoms with Gasteiger partial charge in [0.25, 0.3) is 0 Å². The molecule has 4 aromatic carbocycles. The first-order valence-electron chi connectivity index (χ1n) is 18.0. The van der Waals surface area contributed by atoms with Crippen LogP contribution in [0.5, 0.6) is 0 Å². The summed E-state index contributed by atoms with van der Waals surface area (Å²) in [5.74, 6) is 0. The summed E-state index contributed by atoms with van der Waals surface area (Å²) in [5.41, 5.74) is 14.9. The molecule has 0 spiro atoms. The molecule has 22 aliphatic rings. The Hall–Kier alpha value is -6.52. The van der Waals surface area contributed by atoms with Crippen LogP contribution in [0.3, 0.4) is 0 Å². The Morgan fingerprint density at radius 1 is 0.192 bits per heavy atom. The molecular weight excluding hydrogens is 633 g/mol. The van der Waals surface area contributed by atoms with Crippen molar-refractivity contribution in [2.24, 2.45) is 0 Å². The van der Waals surface area contributed by atoms with Crippen molar-refractivity contribution in [2.45, 2.75) is 26.2 Å². The van der Waals surface area contributed by atoms with Crippen molar-refractivity contribution in [3.63, 3.8) is 0 Å². The van der Waals surface area contributed by atoms with E-state index < -0.39 is 0 Å². The normalized spacial score (nSPS) is 12.3. The second-order valence-corrected chi connectivity index (χ2v) is 13.8. The molecule has 0 N–H and O–H groups in total. The van der Waals surface area contributed by atoms with Crippen molar-refractivity contribution in [1.82, 2.24) is 0 Å². The Balaban J connectivity index is 0.985. The van der Waals surface area contributed by atoms with E-state index in [0.29, 0.717) is 0 Å². The molecule has 0 saturated carbocycles. The maximum Gasteiger partial charge on any atom is 0.173 e. The summed E-state index contributed by atoms with van der Waals surface area (Å²) in [6.07, 6.45) is 17.4. The molecule has 0 amide bonds. The molecule has 248 valence electrons. The molecule has 8 aromatic rings. The average molecular weight is 673 g/mol. The number of nitrogens with zero attached hydrogens (tertiary/aromatic N) is 4. The van der Waals surface area contributed by atoms with Gasteiger partial charge in [0.05, 0.1) is 0 Å². The van der Waals surface area contributed by atoms with E-state index in [4.69, 9.17) is 0 Å². The van der Waals surface area contributed by atoms with E-state index in [2.05, 4.69) is 213 Å². The number of aromatic nitrogens is 4. The number of rotatable bonds is 0. The SMILES string of the molecule is c1cc2ccc1C[n+]1ccc(cc1)-c1ccc(cc1)-c1cc[n+](cc1)Cc1ccc(cc1)C[n+]1ccc(cc1)-c1ccc(cc1)-c1cc[n+](cc1)C2. The van der Waals surface area contributed by atoms with Gasteiger partial charge in [-0.3, -0.25) is 0 Å². The van der Waals surface area contributed by atoms with Crippen molar-refractivity contribution in [3.05, 3.63) is 217 Å². The van der Waals surface area contributed by atoms with Crippen molar-refractivity contribution in [1.29, 1.82) is 0 Å². The fourth-order valence-corrected chi connectivity index (χ4v) is 7.07. The highest BCUT2D eigenvalue weighted by Gasteiger charge is 2.11. The smallest absolute Gasteiger partial charge is 0.173 e. The highest BCUT2D eigenvalue weighted by atomic mass is 14.9. The highest BCUT2D eigenvalue weighted by molar-refractivity contribution is 5.70.